The fraction of sp³-hybridized carbons (Fsp3) is 0.625. The van der Waals surface area contributed by atoms with Crippen molar-refractivity contribution in [2.45, 2.75) is 13.3 Å². The number of rotatable bonds is 4. The molecule has 4 heteroatoms. The Morgan fingerprint density at radius 3 is 2.92 bits per heavy atom. The fourth-order valence-electron chi connectivity index (χ4n) is 0.981. The van der Waals surface area contributed by atoms with Crippen LogP contribution in [0.5, 0.6) is 5.88 Å². The van der Waals surface area contributed by atoms with Crippen molar-refractivity contribution in [1.82, 2.24) is 9.78 Å². The first-order valence-electron chi connectivity index (χ1n) is 4.07. The van der Waals surface area contributed by atoms with E-state index in [1.807, 2.05) is 20.2 Å². The van der Waals surface area contributed by atoms with Crippen molar-refractivity contribution in [2.24, 2.45) is 12.8 Å². The molecular weight excluding hydrogens is 154 g/mol. The molecule has 12 heavy (non-hydrogen) atoms. The number of aryl methyl sites for hydroxylation is 2. The van der Waals surface area contributed by atoms with Crippen LogP contribution in [0.2, 0.25) is 0 Å². The van der Waals surface area contributed by atoms with Crippen LogP contribution in [0.25, 0.3) is 0 Å². The summed E-state index contributed by atoms with van der Waals surface area (Å²) in [6, 6.07) is 0. The van der Waals surface area contributed by atoms with Gasteiger partial charge in [-0.1, -0.05) is 0 Å². The van der Waals surface area contributed by atoms with Gasteiger partial charge in [0.2, 0.25) is 5.88 Å². The van der Waals surface area contributed by atoms with E-state index in [0.717, 1.165) is 12.0 Å². The van der Waals surface area contributed by atoms with Crippen LogP contribution < -0.4 is 10.5 Å². The van der Waals surface area contributed by atoms with Gasteiger partial charge in [-0.15, -0.1) is 5.10 Å². The van der Waals surface area contributed by atoms with E-state index in [1.54, 1.807) is 4.68 Å². The number of nitrogens with zero attached hydrogens (tertiary/aromatic N) is 2. The van der Waals surface area contributed by atoms with Gasteiger partial charge >= 0.3 is 0 Å². The Morgan fingerprint density at radius 1 is 1.67 bits per heavy atom. The predicted molar refractivity (Wildman–Crippen MR) is 47.1 cm³/mol. The van der Waals surface area contributed by atoms with Crippen molar-refractivity contribution in [2.75, 3.05) is 13.2 Å². The molecule has 1 rings (SSSR count). The second-order valence-electron chi connectivity index (χ2n) is 2.78. The average Bonchev–Trinajstić information content (AvgIpc) is 2.31. The molecule has 0 aliphatic heterocycles. The van der Waals surface area contributed by atoms with Crippen LogP contribution in [0.4, 0.5) is 0 Å². The molecule has 0 fully saturated rings. The third-order valence-corrected chi connectivity index (χ3v) is 1.55. The van der Waals surface area contributed by atoms with E-state index in [2.05, 4.69) is 5.10 Å². The van der Waals surface area contributed by atoms with Crippen molar-refractivity contribution in [3.63, 3.8) is 0 Å². The van der Waals surface area contributed by atoms with Gasteiger partial charge in [0.25, 0.3) is 0 Å². The summed E-state index contributed by atoms with van der Waals surface area (Å²) in [5.74, 6) is 0.714. The summed E-state index contributed by atoms with van der Waals surface area (Å²) in [5.41, 5.74) is 6.39. The molecule has 0 radical (unpaired) electrons. The van der Waals surface area contributed by atoms with Gasteiger partial charge < -0.3 is 10.5 Å². The third-order valence-electron chi connectivity index (χ3n) is 1.55. The SMILES string of the molecule is Cc1cn(C)nc1OCCCN. The van der Waals surface area contributed by atoms with Crippen molar-refractivity contribution in [3.05, 3.63) is 11.8 Å². The monoisotopic (exact) mass is 169 g/mol. The van der Waals surface area contributed by atoms with E-state index in [-0.39, 0.29) is 0 Å². The zero-order chi connectivity index (χ0) is 8.97. The van der Waals surface area contributed by atoms with Gasteiger partial charge in [0.15, 0.2) is 0 Å². The van der Waals surface area contributed by atoms with E-state index >= 15 is 0 Å². The van der Waals surface area contributed by atoms with Crippen LogP contribution in [0.3, 0.4) is 0 Å². The highest BCUT2D eigenvalue weighted by molar-refractivity contribution is 5.20. The lowest BCUT2D eigenvalue weighted by atomic mass is 10.4. The number of aromatic nitrogens is 2. The minimum Gasteiger partial charge on any atom is -0.476 e. The lowest BCUT2D eigenvalue weighted by Gasteiger charge is -2.01. The van der Waals surface area contributed by atoms with Crippen LogP contribution >= 0.6 is 0 Å². The van der Waals surface area contributed by atoms with Crippen molar-refractivity contribution < 1.29 is 4.74 Å². The van der Waals surface area contributed by atoms with Gasteiger partial charge in [-0.2, -0.15) is 0 Å². The normalized spacial score (nSPS) is 10.2. The molecule has 1 aromatic rings. The first-order chi connectivity index (χ1) is 5.74. The van der Waals surface area contributed by atoms with Crippen LogP contribution in [0.15, 0.2) is 6.20 Å². The molecule has 0 saturated carbocycles. The maximum Gasteiger partial charge on any atom is 0.235 e. The molecule has 0 bridgehead atoms. The zero-order valence-electron chi connectivity index (χ0n) is 7.58. The molecule has 0 unspecified atom stereocenters. The smallest absolute Gasteiger partial charge is 0.235 e. The molecule has 0 aliphatic rings. The van der Waals surface area contributed by atoms with E-state index in [9.17, 15) is 0 Å². The van der Waals surface area contributed by atoms with E-state index in [1.165, 1.54) is 0 Å². The fourth-order valence-corrected chi connectivity index (χ4v) is 0.981. The third kappa shape index (κ3) is 2.23. The highest BCUT2D eigenvalue weighted by atomic mass is 16.5. The molecule has 0 aliphatic carbocycles. The number of hydrogen-bond donors (Lipinski definition) is 1. The van der Waals surface area contributed by atoms with Gasteiger partial charge in [0.1, 0.15) is 0 Å². The summed E-state index contributed by atoms with van der Waals surface area (Å²) in [6.07, 6.45) is 2.80. The summed E-state index contributed by atoms with van der Waals surface area (Å²) in [6.45, 7) is 3.28. The Labute approximate surface area is 72.3 Å². The Morgan fingerprint density at radius 2 is 2.42 bits per heavy atom. The zero-order valence-corrected chi connectivity index (χ0v) is 7.58. The van der Waals surface area contributed by atoms with Gasteiger partial charge in [0, 0.05) is 18.8 Å². The van der Waals surface area contributed by atoms with Gasteiger partial charge in [0.05, 0.1) is 6.61 Å². The Kier molecular flexibility index (Phi) is 3.10. The Bertz CT molecular complexity index is 244. The minimum absolute atomic E-state index is 0.647. The van der Waals surface area contributed by atoms with Gasteiger partial charge in [-0.25, -0.2) is 0 Å². The quantitative estimate of drug-likeness (QED) is 0.666. The summed E-state index contributed by atoms with van der Waals surface area (Å²) < 4.78 is 7.13. The Hall–Kier alpha value is -1.03. The maximum atomic E-state index is 5.39. The molecule has 1 aromatic heterocycles. The molecule has 0 amide bonds. The standard InChI is InChI=1S/C8H15N3O/c1-7-6-11(2)10-8(7)12-5-3-4-9/h6H,3-5,9H2,1-2H3. The topological polar surface area (TPSA) is 53.1 Å². The molecule has 0 spiro atoms. The van der Waals surface area contributed by atoms with Crippen LogP contribution in [-0.2, 0) is 7.05 Å². The van der Waals surface area contributed by atoms with Crippen molar-refractivity contribution in [3.8, 4) is 5.88 Å². The van der Waals surface area contributed by atoms with Crippen LogP contribution in [0, 0.1) is 6.92 Å². The molecule has 0 saturated heterocycles. The summed E-state index contributed by atoms with van der Waals surface area (Å²) in [7, 11) is 1.88. The second kappa shape index (κ2) is 4.11. The lowest BCUT2D eigenvalue weighted by molar-refractivity contribution is 0.297. The summed E-state index contributed by atoms with van der Waals surface area (Å²) >= 11 is 0. The molecule has 0 aromatic carbocycles. The molecule has 68 valence electrons. The predicted octanol–water partition coefficient (Wildman–Crippen LogP) is 0.456. The van der Waals surface area contributed by atoms with E-state index in [0.29, 0.717) is 19.0 Å². The average molecular weight is 169 g/mol. The van der Waals surface area contributed by atoms with E-state index < -0.39 is 0 Å². The molecule has 2 N–H and O–H groups in total. The molecule has 1 heterocycles. The first kappa shape index (κ1) is 9.06. The van der Waals surface area contributed by atoms with Crippen molar-refractivity contribution in [1.29, 1.82) is 0 Å². The molecular formula is C8H15N3O. The number of hydrogen-bond acceptors (Lipinski definition) is 3. The Balaban J connectivity index is 2.45. The van der Waals surface area contributed by atoms with Crippen LogP contribution in [-0.4, -0.2) is 22.9 Å². The van der Waals surface area contributed by atoms with E-state index in [4.69, 9.17) is 10.5 Å². The minimum atomic E-state index is 0.647. The lowest BCUT2D eigenvalue weighted by Crippen LogP contribution is -2.06. The summed E-state index contributed by atoms with van der Waals surface area (Å²) in [5, 5.41) is 4.14. The second-order valence-corrected chi connectivity index (χ2v) is 2.78. The largest absolute Gasteiger partial charge is 0.476 e. The van der Waals surface area contributed by atoms with Gasteiger partial charge in [-0.3, -0.25) is 4.68 Å². The highest BCUT2D eigenvalue weighted by Gasteiger charge is 2.02. The van der Waals surface area contributed by atoms with Crippen molar-refractivity contribution >= 4 is 0 Å². The number of ether oxygens (including phenoxy) is 1. The molecule has 0 atom stereocenters. The highest BCUT2D eigenvalue weighted by Crippen LogP contribution is 2.12. The van der Waals surface area contributed by atoms with Gasteiger partial charge in [-0.05, 0) is 19.9 Å². The first-order valence-corrected chi connectivity index (χ1v) is 4.07. The summed E-state index contributed by atoms with van der Waals surface area (Å²) in [4.78, 5) is 0. The van der Waals surface area contributed by atoms with Crippen LogP contribution in [0.1, 0.15) is 12.0 Å². The number of nitrogens with two attached hydrogens (primary N) is 1. The maximum absolute atomic E-state index is 5.39. The molecule has 4 nitrogen and oxygen atoms in total.